The molecule has 0 spiro atoms. The largest absolute Gasteiger partial charge is 0.489 e. The van der Waals surface area contributed by atoms with Gasteiger partial charge < -0.3 is 15.6 Å². The highest BCUT2D eigenvalue weighted by Gasteiger charge is 2.09. The zero-order chi connectivity index (χ0) is 13.3. The number of nitrogens with two attached hydrogens (primary N) is 1. The lowest BCUT2D eigenvalue weighted by atomic mass is 10.2. The Hall–Kier alpha value is -2.24. The van der Waals surface area contributed by atoms with Crippen LogP contribution in [0.3, 0.4) is 0 Å². The van der Waals surface area contributed by atoms with E-state index in [-0.39, 0.29) is 12.6 Å². The van der Waals surface area contributed by atoms with Crippen LogP contribution in [0.2, 0.25) is 0 Å². The molecule has 0 amide bonds. The molecule has 0 aliphatic rings. The molecule has 0 unspecified atom stereocenters. The Kier molecular flexibility index (Phi) is 3.10. The van der Waals surface area contributed by atoms with Gasteiger partial charge in [-0.15, -0.1) is 0 Å². The van der Waals surface area contributed by atoms with Gasteiger partial charge in [0.1, 0.15) is 12.3 Å². The molecule has 1 aromatic carbocycles. The number of hydrogen-bond acceptors (Lipinski definition) is 4. The molecule has 0 atom stereocenters. The Labute approximate surface area is 104 Å². The summed E-state index contributed by atoms with van der Waals surface area (Å²) in [7, 11) is 0. The van der Waals surface area contributed by atoms with E-state index < -0.39 is 5.97 Å². The fraction of sp³-hybridized carbons (Fsp3) is 0.333. The first kappa shape index (κ1) is 12.2. The minimum absolute atomic E-state index is 0.0193. The normalized spacial score (nSPS) is 11.1. The molecule has 2 rings (SSSR count). The Balaban J connectivity index is 2.40. The van der Waals surface area contributed by atoms with Gasteiger partial charge in [0.25, 0.3) is 0 Å². The van der Waals surface area contributed by atoms with Gasteiger partial charge in [-0.3, -0.25) is 9.48 Å². The second-order valence-electron chi connectivity index (χ2n) is 4.34. The minimum atomic E-state index is -0.936. The van der Waals surface area contributed by atoms with Crippen LogP contribution in [0.5, 0.6) is 5.75 Å². The second-order valence-corrected chi connectivity index (χ2v) is 4.34. The first-order valence-corrected chi connectivity index (χ1v) is 5.61. The lowest BCUT2D eigenvalue weighted by molar-refractivity contribution is -0.137. The molecule has 2 aromatic rings. The van der Waals surface area contributed by atoms with E-state index in [1.54, 1.807) is 18.3 Å². The zero-order valence-corrected chi connectivity index (χ0v) is 10.3. The van der Waals surface area contributed by atoms with Gasteiger partial charge >= 0.3 is 5.97 Å². The molecule has 0 radical (unpaired) electrons. The number of benzene rings is 1. The first-order valence-electron chi connectivity index (χ1n) is 5.61. The van der Waals surface area contributed by atoms with E-state index in [0.717, 1.165) is 5.39 Å². The average Bonchev–Trinajstić information content (AvgIpc) is 2.57. The summed E-state index contributed by atoms with van der Waals surface area (Å²) in [5, 5.41) is 13.7. The van der Waals surface area contributed by atoms with Gasteiger partial charge in [-0.25, -0.2) is 0 Å². The van der Waals surface area contributed by atoms with Crippen LogP contribution >= 0.6 is 0 Å². The van der Waals surface area contributed by atoms with Gasteiger partial charge in [0.2, 0.25) is 0 Å². The molecule has 3 N–H and O–H groups in total. The molecule has 0 saturated carbocycles. The molecule has 18 heavy (non-hydrogen) atoms. The van der Waals surface area contributed by atoms with Gasteiger partial charge in [-0.1, -0.05) is 0 Å². The summed E-state index contributed by atoms with van der Waals surface area (Å²) in [4.78, 5) is 10.6. The highest BCUT2D eigenvalue weighted by atomic mass is 16.5. The minimum Gasteiger partial charge on any atom is -0.489 e. The van der Waals surface area contributed by atoms with Crippen molar-refractivity contribution in [2.45, 2.75) is 26.5 Å². The SMILES string of the molecule is CC(C)Oc1cc2nn(CC(=O)O)cc2cc1N. The molecule has 1 aromatic heterocycles. The molecule has 0 aliphatic carbocycles. The monoisotopic (exact) mass is 249 g/mol. The van der Waals surface area contributed by atoms with Crippen LogP contribution in [0.1, 0.15) is 13.8 Å². The van der Waals surface area contributed by atoms with Crippen LogP contribution in [0.25, 0.3) is 10.9 Å². The molecule has 0 aliphatic heterocycles. The van der Waals surface area contributed by atoms with Crippen LogP contribution in [0.15, 0.2) is 18.3 Å². The van der Waals surface area contributed by atoms with Gasteiger partial charge in [0, 0.05) is 17.6 Å². The maximum absolute atomic E-state index is 10.6. The summed E-state index contributed by atoms with van der Waals surface area (Å²) in [6.45, 7) is 3.65. The van der Waals surface area contributed by atoms with Crippen molar-refractivity contribution < 1.29 is 14.6 Å². The van der Waals surface area contributed by atoms with Crippen molar-refractivity contribution in [3.63, 3.8) is 0 Å². The lowest BCUT2D eigenvalue weighted by Gasteiger charge is -2.11. The summed E-state index contributed by atoms with van der Waals surface area (Å²) >= 11 is 0. The number of aromatic nitrogens is 2. The predicted octanol–water partition coefficient (Wildman–Crippen LogP) is 1.49. The Morgan fingerprint density at radius 3 is 2.89 bits per heavy atom. The predicted molar refractivity (Wildman–Crippen MR) is 67.5 cm³/mol. The van der Waals surface area contributed by atoms with E-state index in [9.17, 15) is 4.79 Å². The summed E-state index contributed by atoms with van der Waals surface area (Å²) in [5.41, 5.74) is 7.05. The molecule has 1 heterocycles. The van der Waals surface area contributed by atoms with Crippen molar-refractivity contribution in [1.82, 2.24) is 9.78 Å². The van der Waals surface area contributed by atoms with E-state index in [2.05, 4.69) is 5.10 Å². The molecule has 96 valence electrons. The molecule has 6 nitrogen and oxygen atoms in total. The summed E-state index contributed by atoms with van der Waals surface area (Å²) in [5.74, 6) is -0.368. The number of anilines is 1. The summed E-state index contributed by atoms with van der Waals surface area (Å²) in [6.07, 6.45) is 1.67. The molecular formula is C12H15N3O3. The quantitative estimate of drug-likeness (QED) is 0.801. The van der Waals surface area contributed by atoms with E-state index >= 15 is 0 Å². The van der Waals surface area contributed by atoms with E-state index in [4.69, 9.17) is 15.6 Å². The number of ether oxygens (including phenoxy) is 1. The Morgan fingerprint density at radius 2 is 2.28 bits per heavy atom. The number of nitrogen functional groups attached to an aromatic ring is 1. The lowest BCUT2D eigenvalue weighted by Crippen LogP contribution is -2.08. The Morgan fingerprint density at radius 1 is 1.56 bits per heavy atom. The molecule has 0 fully saturated rings. The number of carboxylic acid groups (broad SMARTS) is 1. The standard InChI is InChI=1S/C12H15N3O3/c1-7(2)18-11-4-10-8(3-9(11)13)5-15(14-10)6-12(16)17/h3-5,7H,6,13H2,1-2H3,(H,16,17). The van der Waals surface area contributed by atoms with Gasteiger partial charge in [-0.2, -0.15) is 5.10 Å². The summed E-state index contributed by atoms with van der Waals surface area (Å²) < 4.78 is 6.92. The number of rotatable bonds is 4. The van der Waals surface area contributed by atoms with Crippen molar-refractivity contribution in [2.24, 2.45) is 0 Å². The maximum atomic E-state index is 10.6. The average molecular weight is 249 g/mol. The summed E-state index contributed by atoms with van der Waals surface area (Å²) in [6, 6.07) is 3.46. The van der Waals surface area contributed by atoms with Crippen LogP contribution in [-0.4, -0.2) is 27.0 Å². The fourth-order valence-electron chi connectivity index (χ4n) is 1.70. The van der Waals surface area contributed by atoms with Crippen LogP contribution in [-0.2, 0) is 11.3 Å². The fourth-order valence-corrected chi connectivity index (χ4v) is 1.70. The van der Waals surface area contributed by atoms with Crippen molar-refractivity contribution in [3.05, 3.63) is 18.3 Å². The van der Waals surface area contributed by atoms with Crippen LogP contribution < -0.4 is 10.5 Å². The number of carboxylic acids is 1. The first-order chi connectivity index (χ1) is 8.45. The number of nitrogens with zero attached hydrogens (tertiary/aromatic N) is 2. The van der Waals surface area contributed by atoms with Crippen LogP contribution in [0, 0.1) is 0 Å². The third kappa shape index (κ3) is 2.53. The highest BCUT2D eigenvalue weighted by Crippen LogP contribution is 2.28. The van der Waals surface area contributed by atoms with E-state index in [1.165, 1.54) is 4.68 Å². The topological polar surface area (TPSA) is 90.4 Å². The smallest absolute Gasteiger partial charge is 0.325 e. The third-order valence-electron chi connectivity index (χ3n) is 2.34. The van der Waals surface area contributed by atoms with Crippen LogP contribution in [0.4, 0.5) is 5.69 Å². The Bertz CT molecular complexity index is 590. The number of fused-ring (bicyclic) bond motifs is 1. The van der Waals surface area contributed by atoms with Gasteiger partial charge in [-0.05, 0) is 19.9 Å². The molecule has 0 bridgehead atoms. The van der Waals surface area contributed by atoms with E-state index in [1.807, 2.05) is 13.8 Å². The van der Waals surface area contributed by atoms with Crippen molar-refractivity contribution in [2.75, 3.05) is 5.73 Å². The molecule has 6 heteroatoms. The zero-order valence-electron chi connectivity index (χ0n) is 10.3. The van der Waals surface area contributed by atoms with Crippen molar-refractivity contribution in [1.29, 1.82) is 0 Å². The second kappa shape index (κ2) is 4.56. The van der Waals surface area contributed by atoms with Gasteiger partial charge in [0.15, 0.2) is 0 Å². The number of hydrogen-bond donors (Lipinski definition) is 2. The number of aliphatic carboxylic acids is 1. The number of carbonyl (C=O) groups is 1. The van der Waals surface area contributed by atoms with Crippen molar-refractivity contribution >= 4 is 22.6 Å². The maximum Gasteiger partial charge on any atom is 0.325 e. The third-order valence-corrected chi connectivity index (χ3v) is 2.34. The van der Waals surface area contributed by atoms with E-state index in [0.29, 0.717) is 17.0 Å². The molecule has 0 saturated heterocycles. The highest BCUT2D eigenvalue weighted by molar-refractivity contribution is 5.85. The van der Waals surface area contributed by atoms with Crippen molar-refractivity contribution in [3.8, 4) is 5.75 Å². The van der Waals surface area contributed by atoms with Gasteiger partial charge in [0.05, 0.1) is 17.3 Å². The molecular weight excluding hydrogens is 234 g/mol.